The number of H-pyrrole nitrogens is 1. The monoisotopic (exact) mass is 603 g/mol. The number of halogens is 3. The first kappa shape index (κ1) is 24.8. The van der Waals surface area contributed by atoms with Gasteiger partial charge >= 0.3 is 0 Å². The molecule has 0 bridgehead atoms. The second kappa shape index (κ2) is 11.4. The highest BCUT2D eigenvalue weighted by molar-refractivity contribution is 14.1. The van der Waals surface area contributed by atoms with E-state index in [0.29, 0.717) is 21.6 Å². The van der Waals surface area contributed by atoms with E-state index in [4.69, 9.17) is 23.2 Å². The summed E-state index contributed by atoms with van der Waals surface area (Å²) in [7, 11) is 0. The van der Waals surface area contributed by atoms with Crippen LogP contribution in [0.4, 0.5) is 5.69 Å². The molecule has 32 heavy (non-hydrogen) atoms. The lowest BCUT2D eigenvalue weighted by molar-refractivity contribution is -0.113. The molecule has 1 aromatic heterocycles. The van der Waals surface area contributed by atoms with E-state index in [9.17, 15) is 9.59 Å². The number of anilines is 1. The number of carbonyl (C=O) groups is 2. The molecule has 0 aliphatic rings. The molecule has 3 N–H and O–H groups in total. The topological polar surface area (TPSA) is 99.8 Å². The van der Waals surface area contributed by atoms with Crippen molar-refractivity contribution in [2.75, 3.05) is 11.1 Å². The standard InChI is InChI=1S/C21H20Cl2IN5O2S/c1-11(2)18(26-20(31)15-8-3-12(22)9-16(15)23)19-27-21(29-28-19)32-10-17(30)25-14-6-4-13(24)5-7-14/h3-9,11,18H,10H2,1-2H3,(H,25,30)(H,26,31)(H,27,28,29)/t18-/m0/s1. The van der Waals surface area contributed by atoms with Gasteiger partial charge in [0, 0.05) is 14.3 Å². The zero-order valence-corrected chi connectivity index (χ0v) is 21.6. The summed E-state index contributed by atoms with van der Waals surface area (Å²) < 4.78 is 1.09. The SMILES string of the molecule is CC(C)[C@H](NC(=O)c1ccc(Cl)cc1Cl)c1nc(SCC(=O)Nc2ccc(I)cc2)n[nH]1. The predicted octanol–water partition coefficient (Wildman–Crippen LogP) is 5.57. The third-order valence-electron chi connectivity index (χ3n) is 4.37. The third kappa shape index (κ3) is 6.84. The van der Waals surface area contributed by atoms with Crippen molar-refractivity contribution in [1.29, 1.82) is 0 Å². The lowest BCUT2D eigenvalue weighted by Crippen LogP contribution is -2.32. The summed E-state index contributed by atoms with van der Waals surface area (Å²) in [6.07, 6.45) is 0. The number of benzene rings is 2. The number of nitrogens with one attached hydrogen (secondary N) is 3. The Morgan fingerprint density at radius 1 is 1.16 bits per heavy atom. The molecule has 0 saturated heterocycles. The number of nitrogens with zero attached hydrogens (tertiary/aromatic N) is 2. The van der Waals surface area contributed by atoms with Crippen molar-refractivity contribution >= 4 is 75.1 Å². The van der Waals surface area contributed by atoms with Crippen molar-refractivity contribution < 1.29 is 9.59 Å². The van der Waals surface area contributed by atoms with E-state index < -0.39 is 6.04 Å². The van der Waals surface area contributed by atoms with Crippen LogP contribution in [0.25, 0.3) is 0 Å². The molecular weight excluding hydrogens is 584 g/mol. The van der Waals surface area contributed by atoms with E-state index in [2.05, 4.69) is 48.4 Å². The second-order valence-corrected chi connectivity index (χ2v) is 10.2. The highest BCUT2D eigenvalue weighted by Gasteiger charge is 2.24. The molecule has 168 valence electrons. The zero-order valence-electron chi connectivity index (χ0n) is 17.2. The van der Waals surface area contributed by atoms with Crippen molar-refractivity contribution in [2.24, 2.45) is 5.92 Å². The Morgan fingerprint density at radius 2 is 1.88 bits per heavy atom. The van der Waals surface area contributed by atoms with Gasteiger partial charge in [-0.3, -0.25) is 14.7 Å². The second-order valence-electron chi connectivity index (χ2n) is 7.17. The van der Waals surface area contributed by atoms with Crippen LogP contribution in [0.5, 0.6) is 0 Å². The van der Waals surface area contributed by atoms with E-state index in [1.807, 2.05) is 38.1 Å². The summed E-state index contributed by atoms with van der Waals surface area (Å²) in [6, 6.07) is 11.8. The first-order valence-electron chi connectivity index (χ1n) is 9.59. The first-order valence-corrected chi connectivity index (χ1v) is 12.4. The van der Waals surface area contributed by atoms with Gasteiger partial charge in [0.15, 0.2) is 0 Å². The molecule has 0 unspecified atom stereocenters. The van der Waals surface area contributed by atoms with Gasteiger partial charge in [-0.1, -0.05) is 48.8 Å². The lowest BCUT2D eigenvalue weighted by Gasteiger charge is -2.20. The number of aromatic nitrogens is 3. The quantitative estimate of drug-likeness (QED) is 0.231. The maximum atomic E-state index is 12.7. The largest absolute Gasteiger partial charge is 0.342 e. The summed E-state index contributed by atoms with van der Waals surface area (Å²) in [5, 5.41) is 13.9. The predicted molar refractivity (Wildman–Crippen MR) is 136 cm³/mol. The average molecular weight is 604 g/mol. The Hall–Kier alpha value is -1.82. The normalized spacial score (nSPS) is 11.9. The molecule has 0 fully saturated rings. The summed E-state index contributed by atoms with van der Waals surface area (Å²) >= 11 is 15.5. The molecule has 7 nitrogen and oxygen atoms in total. The number of rotatable bonds is 8. The van der Waals surface area contributed by atoms with Crippen molar-refractivity contribution in [3.8, 4) is 0 Å². The van der Waals surface area contributed by atoms with E-state index >= 15 is 0 Å². The Balaban J connectivity index is 1.61. The fraction of sp³-hybridized carbons (Fsp3) is 0.238. The average Bonchev–Trinajstić information content (AvgIpc) is 3.20. The van der Waals surface area contributed by atoms with E-state index in [1.165, 1.54) is 17.8 Å². The van der Waals surface area contributed by atoms with Crippen LogP contribution in [0, 0.1) is 9.49 Å². The molecule has 0 aliphatic heterocycles. The Morgan fingerprint density at radius 3 is 2.53 bits per heavy atom. The molecule has 0 saturated carbocycles. The van der Waals surface area contributed by atoms with Crippen molar-refractivity contribution in [1.82, 2.24) is 20.5 Å². The Kier molecular flexibility index (Phi) is 8.80. The highest BCUT2D eigenvalue weighted by atomic mass is 127. The molecule has 2 amide bonds. The van der Waals surface area contributed by atoms with Crippen LogP contribution >= 0.6 is 57.6 Å². The van der Waals surface area contributed by atoms with Gasteiger partial charge in [-0.25, -0.2) is 4.98 Å². The van der Waals surface area contributed by atoms with Crippen LogP contribution < -0.4 is 10.6 Å². The van der Waals surface area contributed by atoms with Crippen molar-refractivity contribution in [3.05, 3.63) is 67.5 Å². The van der Waals surface area contributed by atoms with Crippen LogP contribution in [0.1, 0.15) is 36.1 Å². The number of aromatic amines is 1. The first-order chi connectivity index (χ1) is 15.2. The molecule has 1 heterocycles. The van der Waals surface area contributed by atoms with Gasteiger partial charge in [-0.15, -0.1) is 5.10 Å². The summed E-state index contributed by atoms with van der Waals surface area (Å²) in [5.74, 6) is 0.183. The van der Waals surface area contributed by atoms with Gasteiger partial charge in [0.2, 0.25) is 11.1 Å². The fourth-order valence-corrected chi connectivity index (χ4v) is 4.22. The van der Waals surface area contributed by atoms with Crippen molar-refractivity contribution in [2.45, 2.75) is 25.0 Å². The van der Waals surface area contributed by atoms with Gasteiger partial charge < -0.3 is 10.6 Å². The van der Waals surface area contributed by atoms with E-state index in [1.54, 1.807) is 12.1 Å². The van der Waals surface area contributed by atoms with Gasteiger partial charge in [0.1, 0.15) is 5.82 Å². The summed E-state index contributed by atoms with van der Waals surface area (Å²) in [4.78, 5) is 29.4. The van der Waals surface area contributed by atoms with Crippen molar-refractivity contribution in [3.63, 3.8) is 0 Å². The van der Waals surface area contributed by atoms with Gasteiger partial charge in [-0.2, -0.15) is 0 Å². The molecular formula is C21H20Cl2IN5O2S. The number of amides is 2. The minimum atomic E-state index is -0.420. The van der Waals surface area contributed by atoms with Gasteiger partial charge in [0.05, 0.1) is 22.4 Å². The maximum Gasteiger partial charge on any atom is 0.253 e. The van der Waals surface area contributed by atoms with Crippen LogP contribution in [-0.2, 0) is 4.79 Å². The third-order valence-corrected chi connectivity index (χ3v) is 6.48. The van der Waals surface area contributed by atoms with E-state index in [-0.39, 0.29) is 28.5 Å². The molecule has 0 aliphatic carbocycles. The van der Waals surface area contributed by atoms with Gasteiger partial charge in [0.25, 0.3) is 5.91 Å². The maximum absolute atomic E-state index is 12.7. The minimum Gasteiger partial charge on any atom is -0.342 e. The number of hydrogen-bond acceptors (Lipinski definition) is 5. The minimum absolute atomic E-state index is 0.0278. The summed E-state index contributed by atoms with van der Waals surface area (Å²) in [6.45, 7) is 3.91. The Labute approximate surface area is 213 Å². The lowest BCUT2D eigenvalue weighted by atomic mass is 10.0. The number of carbonyl (C=O) groups excluding carboxylic acids is 2. The Bertz CT molecular complexity index is 1110. The smallest absolute Gasteiger partial charge is 0.253 e. The molecule has 11 heteroatoms. The fourth-order valence-electron chi connectivity index (χ4n) is 2.77. The van der Waals surface area contributed by atoms with Crippen LogP contribution in [0.2, 0.25) is 10.0 Å². The number of thioether (sulfide) groups is 1. The molecule has 2 aromatic carbocycles. The molecule has 1 atom stereocenters. The van der Waals surface area contributed by atoms with Crippen LogP contribution in [0.15, 0.2) is 47.6 Å². The number of hydrogen-bond donors (Lipinski definition) is 3. The highest BCUT2D eigenvalue weighted by Crippen LogP contribution is 2.25. The van der Waals surface area contributed by atoms with Crippen LogP contribution in [0.3, 0.4) is 0 Å². The summed E-state index contributed by atoms with van der Waals surface area (Å²) in [5.41, 5.74) is 1.05. The van der Waals surface area contributed by atoms with Crippen LogP contribution in [-0.4, -0.2) is 32.7 Å². The molecule has 3 aromatic rings. The zero-order chi connectivity index (χ0) is 23.3. The molecule has 3 rings (SSSR count). The molecule has 0 spiro atoms. The molecule has 0 radical (unpaired) electrons. The van der Waals surface area contributed by atoms with E-state index in [0.717, 1.165) is 9.26 Å². The van der Waals surface area contributed by atoms with Gasteiger partial charge in [-0.05, 0) is 71.0 Å².